The number of hydrogen-bond acceptors (Lipinski definition) is 5. The topological polar surface area (TPSA) is 65.2 Å². The Morgan fingerprint density at radius 2 is 2.38 bits per heavy atom. The first-order valence-corrected chi connectivity index (χ1v) is 5.54. The quantitative estimate of drug-likeness (QED) is 0.826. The SMILES string of the molecule is Nc1cnccc1C(=O)OCc1cccs1. The van der Waals surface area contributed by atoms with Crippen LogP contribution in [0, 0.1) is 0 Å². The molecule has 2 aromatic heterocycles. The maximum atomic E-state index is 11.6. The summed E-state index contributed by atoms with van der Waals surface area (Å²) in [6, 6.07) is 5.37. The van der Waals surface area contributed by atoms with Crippen molar-refractivity contribution < 1.29 is 9.53 Å². The number of nitrogen functional groups attached to an aromatic ring is 1. The van der Waals surface area contributed by atoms with E-state index >= 15 is 0 Å². The molecule has 0 saturated heterocycles. The summed E-state index contributed by atoms with van der Waals surface area (Å²) in [4.78, 5) is 16.4. The van der Waals surface area contributed by atoms with E-state index in [2.05, 4.69) is 4.98 Å². The molecule has 0 atom stereocenters. The van der Waals surface area contributed by atoms with E-state index in [1.807, 2.05) is 17.5 Å². The fourth-order valence-corrected chi connectivity index (χ4v) is 1.82. The lowest BCUT2D eigenvalue weighted by Crippen LogP contribution is -2.07. The van der Waals surface area contributed by atoms with Gasteiger partial charge in [-0.05, 0) is 17.5 Å². The average molecular weight is 234 g/mol. The maximum absolute atomic E-state index is 11.6. The normalized spacial score (nSPS) is 10.0. The summed E-state index contributed by atoms with van der Waals surface area (Å²) in [5, 5.41) is 1.93. The molecule has 0 spiro atoms. The fourth-order valence-electron chi connectivity index (χ4n) is 1.20. The van der Waals surface area contributed by atoms with Crippen molar-refractivity contribution in [3.05, 3.63) is 46.4 Å². The minimum Gasteiger partial charge on any atom is -0.456 e. The van der Waals surface area contributed by atoms with Crippen molar-refractivity contribution in [1.82, 2.24) is 4.98 Å². The molecule has 0 radical (unpaired) electrons. The van der Waals surface area contributed by atoms with Crippen LogP contribution in [0.3, 0.4) is 0 Å². The Labute approximate surface area is 96.7 Å². The largest absolute Gasteiger partial charge is 0.456 e. The van der Waals surface area contributed by atoms with Crippen molar-refractivity contribution in [1.29, 1.82) is 0 Å². The van der Waals surface area contributed by atoms with Crippen LogP contribution in [0.15, 0.2) is 36.0 Å². The Bertz CT molecular complexity index is 482. The van der Waals surface area contributed by atoms with Crippen molar-refractivity contribution in [3.8, 4) is 0 Å². The molecule has 2 N–H and O–H groups in total. The van der Waals surface area contributed by atoms with Crippen LogP contribution in [0.5, 0.6) is 0 Å². The van der Waals surface area contributed by atoms with E-state index in [4.69, 9.17) is 10.5 Å². The second-order valence-corrected chi connectivity index (χ2v) is 4.15. The zero-order valence-corrected chi connectivity index (χ0v) is 9.24. The van der Waals surface area contributed by atoms with Gasteiger partial charge in [-0.2, -0.15) is 0 Å². The number of aromatic nitrogens is 1. The number of ether oxygens (including phenoxy) is 1. The van der Waals surface area contributed by atoms with E-state index in [-0.39, 0.29) is 6.61 Å². The standard InChI is InChI=1S/C11H10N2O2S/c12-10-6-13-4-3-9(10)11(14)15-7-8-2-1-5-16-8/h1-6H,7,12H2. The van der Waals surface area contributed by atoms with Gasteiger partial charge in [0.1, 0.15) is 6.61 Å². The Morgan fingerprint density at radius 3 is 3.06 bits per heavy atom. The van der Waals surface area contributed by atoms with Gasteiger partial charge in [0.15, 0.2) is 0 Å². The monoisotopic (exact) mass is 234 g/mol. The molecule has 0 saturated carbocycles. The van der Waals surface area contributed by atoms with Gasteiger partial charge >= 0.3 is 5.97 Å². The van der Waals surface area contributed by atoms with E-state index in [9.17, 15) is 4.79 Å². The summed E-state index contributed by atoms with van der Waals surface area (Å²) in [6.45, 7) is 0.276. The average Bonchev–Trinajstić information content (AvgIpc) is 2.79. The molecule has 4 nitrogen and oxygen atoms in total. The fraction of sp³-hybridized carbons (Fsp3) is 0.0909. The Morgan fingerprint density at radius 1 is 1.50 bits per heavy atom. The van der Waals surface area contributed by atoms with Gasteiger partial charge in [-0.15, -0.1) is 11.3 Å². The second kappa shape index (κ2) is 4.76. The molecule has 2 aromatic rings. The summed E-state index contributed by atoms with van der Waals surface area (Å²) < 4.78 is 5.12. The van der Waals surface area contributed by atoms with Gasteiger partial charge < -0.3 is 10.5 Å². The van der Waals surface area contributed by atoms with E-state index in [1.54, 1.807) is 17.4 Å². The maximum Gasteiger partial charge on any atom is 0.340 e. The highest BCUT2D eigenvalue weighted by atomic mass is 32.1. The van der Waals surface area contributed by atoms with Crippen molar-refractivity contribution in [2.24, 2.45) is 0 Å². The van der Waals surface area contributed by atoms with Crippen molar-refractivity contribution in [3.63, 3.8) is 0 Å². The van der Waals surface area contributed by atoms with Crippen LogP contribution in [0.25, 0.3) is 0 Å². The Balaban J connectivity index is 2.01. The number of nitrogens with two attached hydrogens (primary N) is 1. The summed E-state index contributed by atoms with van der Waals surface area (Å²) in [6.07, 6.45) is 2.94. The van der Waals surface area contributed by atoms with E-state index in [0.717, 1.165) is 4.88 Å². The van der Waals surface area contributed by atoms with E-state index < -0.39 is 5.97 Å². The molecule has 5 heteroatoms. The number of esters is 1. The van der Waals surface area contributed by atoms with Gasteiger partial charge in [-0.3, -0.25) is 4.98 Å². The van der Waals surface area contributed by atoms with Crippen LogP contribution in [0.2, 0.25) is 0 Å². The molecular formula is C11H10N2O2S. The first-order valence-electron chi connectivity index (χ1n) is 4.66. The molecule has 0 amide bonds. The smallest absolute Gasteiger partial charge is 0.340 e. The predicted octanol–water partition coefficient (Wildman–Crippen LogP) is 2.08. The van der Waals surface area contributed by atoms with E-state index in [1.165, 1.54) is 12.4 Å². The highest BCUT2D eigenvalue weighted by Crippen LogP contribution is 2.14. The van der Waals surface area contributed by atoms with Gasteiger partial charge in [0, 0.05) is 11.1 Å². The van der Waals surface area contributed by atoms with Gasteiger partial charge in [0.2, 0.25) is 0 Å². The second-order valence-electron chi connectivity index (χ2n) is 3.12. The molecule has 0 aliphatic heterocycles. The van der Waals surface area contributed by atoms with Crippen LogP contribution in [0.4, 0.5) is 5.69 Å². The highest BCUT2D eigenvalue weighted by molar-refractivity contribution is 7.09. The summed E-state index contributed by atoms with van der Waals surface area (Å²) in [5.41, 5.74) is 6.30. The molecule has 0 unspecified atom stereocenters. The van der Waals surface area contributed by atoms with Crippen molar-refractivity contribution in [2.75, 3.05) is 5.73 Å². The lowest BCUT2D eigenvalue weighted by atomic mass is 10.2. The highest BCUT2D eigenvalue weighted by Gasteiger charge is 2.10. The van der Waals surface area contributed by atoms with Crippen LogP contribution >= 0.6 is 11.3 Å². The van der Waals surface area contributed by atoms with Crippen LogP contribution in [-0.2, 0) is 11.3 Å². The third kappa shape index (κ3) is 2.38. The molecule has 16 heavy (non-hydrogen) atoms. The van der Waals surface area contributed by atoms with Crippen LogP contribution < -0.4 is 5.73 Å². The van der Waals surface area contributed by atoms with Gasteiger partial charge in [0.05, 0.1) is 17.4 Å². The minimum absolute atomic E-state index is 0.276. The third-order valence-electron chi connectivity index (χ3n) is 2.00. The lowest BCUT2D eigenvalue weighted by molar-refractivity contribution is 0.0478. The van der Waals surface area contributed by atoms with Gasteiger partial charge in [0.25, 0.3) is 0 Å². The van der Waals surface area contributed by atoms with E-state index in [0.29, 0.717) is 11.3 Å². The number of carbonyl (C=O) groups excluding carboxylic acids is 1. The molecule has 82 valence electrons. The third-order valence-corrected chi connectivity index (χ3v) is 2.85. The molecule has 0 aliphatic rings. The van der Waals surface area contributed by atoms with Crippen molar-refractivity contribution >= 4 is 23.0 Å². The first-order chi connectivity index (χ1) is 7.77. The number of carbonyl (C=O) groups is 1. The zero-order chi connectivity index (χ0) is 11.4. The molecule has 2 rings (SSSR count). The predicted molar refractivity (Wildman–Crippen MR) is 62.1 cm³/mol. The van der Waals surface area contributed by atoms with Crippen LogP contribution in [0.1, 0.15) is 15.2 Å². The molecule has 0 bridgehead atoms. The summed E-state index contributed by atoms with van der Waals surface area (Å²) in [7, 11) is 0. The molecule has 0 aliphatic carbocycles. The van der Waals surface area contributed by atoms with Gasteiger partial charge in [-0.1, -0.05) is 6.07 Å². The number of pyridine rings is 1. The Kier molecular flexibility index (Phi) is 3.16. The Hall–Kier alpha value is -1.88. The summed E-state index contributed by atoms with van der Waals surface area (Å²) in [5.74, 6) is -0.423. The number of rotatable bonds is 3. The summed E-state index contributed by atoms with van der Waals surface area (Å²) >= 11 is 1.54. The van der Waals surface area contributed by atoms with Gasteiger partial charge in [-0.25, -0.2) is 4.79 Å². The number of hydrogen-bond donors (Lipinski definition) is 1. The zero-order valence-electron chi connectivity index (χ0n) is 8.42. The molecule has 0 fully saturated rings. The molecule has 2 heterocycles. The number of nitrogens with zero attached hydrogens (tertiary/aromatic N) is 1. The number of thiophene rings is 1. The number of anilines is 1. The molecular weight excluding hydrogens is 224 g/mol. The van der Waals surface area contributed by atoms with Crippen LogP contribution in [-0.4, -0.2) is 11.0 Å². The lowest BCUT2D eigenvalue weighted by Gasteiger charge is -2.04. The first kappa shape index (κ1) is 10.6. The molecule has 0 aromatic carbocycles. The van der Waals surface area contributed by atoms with Crippen molar-refractivity contribution in [2.45, 2.75) is 6.61 Å². The minimum atomic E-state index is -0.423.